The molecule has 3 aromatic rings. The molecule has 3 heterocycles. The van der Waals surface area contributed by atoms with Crippen LogP contribution in [0.5, 0.6) is 0 Å². The highest BCUT2D eigenvalue weighted by Crippen LogP contribution is 2.40. The van der Waals surface area contributed by atoms with Crippen molar-refractivity contribution in [3.05, 3.63) is 28.8 Å². The van der Waals surface area contributed by atoms with E-state index in [1.165, 1.54) is 5.71 Å². The van der Waals surface area contributed by atoms with Crippen LogP contribution in [0.3, 0.4) is 0 Å². The second-order valence-electron chi connectivity index (χ2n) is 7.31. The van der Waals surface area contributed by atoms with Gasteiger partial charge in [-0.1, -0.05) is 0 Å². The van der Waals surface area contributed by atoms with Crippen molar-refractivity contribution in [3.8, 4) is 11.1 Å². The molecule has 4 rings (SSSR count). The van der Waals surface area contributed by atoms with Gasteiger partial charge in [-0.25, -0.2) is 4.98 Å². The summed E-state index contributed by atoms with van der Waals surface area (Å²) in [5.41, 5.74) is 11.4. The van der Waals surface area contributed by atoms with Crippen molar-refractivity contribution in [2.45, 2.75) is 38.5 Å². The molecule has 0 unspecified atom stereocenters. The third-order valence-corrected chi connectivity index (χ3v) is 6.53. The molecule has 0 amide bonds. The van der Waals surface area contributed by atoms with Crippen LogP contribution in [-0.4, -0.2) is 37.1 Å². The van der Waals surface area contributed by atoms with E-state index >= 15 is 0 Å². The third kappa shape index (κ3) is 3.16. The highest BCUT2D eigenvalue weighted by molar-refractivity contribution is 9.10. The average Bonchev–Trinajstić information content (AvgIpc) is 3.30. The van der Waals surface area contributed by atoms with Crippen molar-refractivity contribution in [2.75, 3.05) is 12.8 Å². The summed E-state index contributed by atoms with van der Waals surface area (Å²) in [6, 6.07) is 0. The Morgan fingerprint density at radius 1 is 1.22 bits per heavy atom. The van der Waals surface area contributed by atoms with Gasteiger partial charge in [-0.3, -0.25) is 9.67 Å². The highest BCUT2D eigenvalue weighted by atomic mass is 79.9. The zero-order valence-corrected chi connectivity index (χ0v) is 17.4. The molecule has 1 aliphatic carbocycles. The zero-order chi connectivity index (χ0) is 19.1. The van der Waals surface area contributed by atoms with E-state index in [1.807, 2.05) is 32.7 Å². The molecule has 0 radical (unpaired) electrons. The number of hydrogen-bond donors (Lipinski definition) is 1. The van der Waals surface area contributed by atoms with Crippen molar-refractivity contribution in [2.24, 2.45) is 18.0 Å². The number of rotatable bonds is 3. The summed E-state index contributed by atoms with van der Waals surface area (Å²) in [6.07, 6.45) is 10.1. The number of fused-ring (bicyclic) bond motifs is 1. The summed E-state index contributed by atoms with van der Waals surface area (Å²) in [4.78, 5) is 9.38. The summed E-state index contributed by atoms with van der Waals surface area (Å²) in [6.45, 7) is 2.13. The van der Waals surface area contributed by atoms with E-state index in [1.54, 1.807) is 9.20 Å². The molecular formula is C19H24BrN7. The van der Waals surface area contributed by atoms with Crippen LogP contribution < -0.4 is 5.73 Å². The molecule has 1 fully saturated rings. The van der Waals surface area contributed by atoms with E-state index in [0.29, 0.717) is 17.7 Å². The summed E-state index contributed by atoms with van der Waals surface area (Å²) in [5, 5.41) is 8.71. The molecule has 0 saturated heterocycles. The third-order valence-electron chi connectivity index (χ3n) is 5.72. The summed E-state index contributed by atoms with van der Waals surface area (Å²) in [7, 11) is 3.78. The van der Waals surface area contributed by atoms with Crippen LogP contribution in [0.4, 0.5) is 5.82 Å². The van der Waals surface area contributed by atoms with Crippen LogP contribution in [0.1, 0.15) is 44.2 Å². The fourth-order valence-electron chi connectivity index (χ4n) is 4.01. The normalized spacial score (nSPS) is 21.1. The lowest BCUT2D eigenvalue weighted by Gasteiger charge is -2.29. The second-order valence-corrected chi connectivity index (χ2v) is 8.10. The van der Waals surface area contributed by atoms with E-state index in [9.17, 15) is 0 Å². The number of aromatic nitrogens is 5. The summed E-state index contributed by atoms with van der Waals surface area (Å²) >= 11 is 3.68. The number of aryl methyl sites for hydroxylation is 1. The highest BCUT2D eigenvalue weighted by Gasteiger charge is 2.28. The van der Waals surface area contributed by atoms with Crippen LogP contribution in [-0.2, 0) is 7.05 Å². The quantitative estimate of drug-likeness (QED) is 0.640. The second kappa shape index (κ2) is 7.07. The Labute approximate surface area is 166 Å². The first-order chi connectivity index (χ1) is 13.0. The molecule has 7 nitrogen and oxygen atoms in total. The van der Waals surface area contributed by atoms with E-state index in [2.05, 4.69) is 38.0 Å². The first-order valence-electron chi connectivity index (χ1n) is 9.24. The lowest BCUT2D eigenvalue weighted by molar-refractivity contribution is 0.385. The van der Waals surface area contributed by atoms with Crippen molar-refractivity contribution in [1.82, 2.24) is 24.4 Å². The van der Waals surface area contributed by atoms with Crippen molar-refractivity contribution in [3.63, 3.8) is 0 Å². The molecule has 27 heavy (non-hydrogen) atoms. The maximum absolute atomic E-state index is 6.39. The van der Waals surface area contributed by atoms with Gasteiger partial charge in [-0.15, -0.1) is 0 Å². The van der Waals surface area contributed by atoms with Crippen LogP contribution in [0, 0.1) is 5.92 Å². The molecule has 1 aliphatic rings. The monoisotopic (exact) mass is 429 g/mol. The van der Waals surface area contributed by atoms with Crippen LogP contribution in [0.2, 0.25) is 0 Å². The van der Waals surface area contributed by atoms with Gasteiger partial charge in [0.2, 0.25) is 0 Å². The molecule has 0 bridgehead atoms. The molecule has 0 aromatic carbocycles. The number of aliphatic imine (C=N–C) groups is 1. The molecule has 1 saturated carbocycles. The van der Waals surface area contributed by atoms with Gasteiger partial charge >= 0.3 is 0 Å². The lowest BCUT2D eigenvalue weighted by atomic mass is 9.78. The predicted molar refractivity (Wildman–Crippen MR) is 111 cm³/mol. The number of nitrogens with zero attached hydrogens (tertiary/aromatic N) is 6. The standard InChI is InChI=1S/C19H24BrN7/c1-11(22-2)12-4-6-13(7-5-12)17-16(20)18(21)27-19(25-17)15(9-24-27)14-8-23-26(3)10-14/h8-10,12-13H,4-7,21H2,1-3H3. The van der Waals surface area contributed by atoms with Gasteiger partial charge in [0.15, 0.2) is 5.65 Å². The molecule has 0 aliphatic heterocycles. The fraction of sp³-hybridized carbons (Fsp3) is 0.474. The van der Waals surface area contributed by atoms with Crippen molar-refractivity contribution in [1.29, 1.82) is 0 Å². The number of nitrogen functional groups attached to an aromatic ring is 1. The molecule has 3 aromatic heterocycles. The predicted octanol–water partition coefficient (Wildman–Crippen LogP) is 3.84. The van der Waals surface area contributed by atoms with Gasteiger partial charge < -0.3 is 5.73 Å². The molecule has 0 atom stereocenters. The Bertz CT molecular complexity index is 1010. The van der Waals surface area contributed by atoms with Gasteiger partial charge in [-0.2, -0.15) is 14.7 Å². The largest absolute Gasteiger partial charge is 0.383 e. The average molecular weight is 430 g/mol. The Hall–Kier alpha value is -2.22. The molecule has 8 heteroatoms. The van der Waals surface area contributed by atoms with E-state index in [0.717, 1.165) is 52.6 Å². The van der Waals surface area contributed by atoms with Crippen LogP contribution in [0.15, 0.2) is 28.1 Å². The fourth-order valence-corrected chi connectivity index (χ4v) is 4.60. The topological polar surface area (TPSA) is 86.4 Å². The van der Waals surface area contributed by atoms with E-state index in [-0.39, 0.29) is 0 Å². The molecule has 2 N–H and O–H groups in total. The number of nitrogens with two attached hydrogens (primary N) is 1. The van der Waals surface area contributed by atoms with Gasteiger partial charge in [0.25, 0.3) is 0 Å². The Kier molecular flexibility index (Phi) is 4.75. The van der Waals surface area contributed by atoms with E-state index in [4.69, 9.17) is 10.7 Å². The van der Waals surface area contributed by atoms with Gasteiger partial charge in [-0.05, 0) is 54.5 Å². The minimum absolute atomic E-state index is 0.393. The smallest absolute Gasteiger partial charge is 0.165 e. The number of anilines is 1. The lowest BCUT2D eigenvalue weighted by Crippen LogP contribution is -2.20. The van der Waals surface area contributed by atoms with Crippen LogP contribution >= 0.6 is 15.9 Å². The van der Waals surface area contributed by atoms with Gasteiger partial charge in [0.05, 0.1) is 22.6 Å². The molecular weight excluding hydrogens is 406 g/mol. The van der Waals surface area contributed by atoms with Crippen molar-refractivity contribution >= 4 is 33.1 Å². The Balaban J connectivity index is 1.72. The SMILES string of the molecule is CN=C(C)C1CCC(c2nc3c(-c4cnn(C)c4)cnn3c(N)c2Br)CC1. The first-order valence-corrected chi connectivity index (χ1v) is 10.0. The van der Waals surface area contributed by atoms with Crippen molar-refractivity contribution < 1.29 is 0 Å². The number of hydrogen-bond acceptors (Lipinski definition) is 5. The Morgan fingerprint density at radius 2 is 1.96 bits per heavy atom. The first kappa shape index (κ1) is 18.2. The molecule has 142 valence electrons. The minimum atomic E-state index is 0.393. The number of halogens is 1. The van der Waals surface area contributed by atoms with Gasteiger partial charge in [0, 0.05) is 43.0 Å². The summed E-state index contributed by atoms with van der Waals surface area (Å²) in [5.74, 6) is 1.58. The van der Waals surface area contributed by atoms with Crippen LogP contribution in [0.25, 0.3) is 16.8 Å². The summed E-state index contributed by atoms with van der Waals surface area (Å²) < 4.78 is 4.34. The van der Waals surface area contributed by atoms with Gasteiger partial charge in [0.1, 0.15) is 5.82 Å². The van der Waals surface area contributed by atoms with E-state index < -0.39 is 0 Å². The zero-order valence-electron chi connectivity index (χ0n) is 15.9. The maximum atomic E-state index is 6.39. The Morgan fingerprint density at radius 3 is 2.59 bits per heavy atom. The molecule has 0 spiro atoms. The maximum Gasteiger partial charge on any atom is 0.165 e. The minimum Gasteiger partial charge on any atom is -0.383 e.